The Morgan fingerprint density at radius 1 is 0.857 bits per heavy atom. The lowest BCUT2D eigenvalue weighted by Crippen LogP contribution is -2.48. The molecule has 5 atom stereocenters. The van der Waals surface area contributed by atoms with Crippen LogP contribution in [0.2, 0.25) is 0 Å². The summed E-state index contributed by atoms with van der Waals surface area (Å²) in [5.74, 6) is -2.68. The van der Waals surface area contributed by atoms with Gasteiger partial charge in [0.1, 0.15) is 5.78 Å². The number of ketones is 3. The maximum atomic E-state index is 14.9. The summed E-state index contributed by atoms with van der Waals surface area (Å²) < 4.78 is 5.55. The van der Waals surface area contributed by atoms with Crippen LogP contribution in [0.3, 0.4) is 0 Å². The number of hydrogen-bond acceptors (Lipinski definition) is 7. The molecule has 2 heterocycles. The topological polar surface area (TPSA) is 127 Å². The van der Waals surface area contributed by atoms with E-state index in [1.165, 1.54) is 0 Å². The number of likely N-dealkylation sites (tertiary alicyclic amines) is 1. The second-order valence-electron chi connectivity index (χ2n) is 19.3. The van der Waals surface area contributed by atoms with E-state index < -0.39 is 35.0 Å². The Labute approximate surface area is 295 Å². The number of hydrogen-bond donors (Lipinski definition) is 1. The average Bonchev–Trinajstić information content (AvgIpc) is 3.19. The first-order valence-electron chi connectivity index (χ1n) is 19.2. The number of carbonyl (C=O) groups is 5. The van der Waals surface area contributed by atoms with Crippen molar-refractivity contribution in [1.82, 2.24) is 9.80 Å². The number of amides is 2. The molecule has 3 aliphatic carbocycles. The van der Waals surface area contributed by atoms with Crippen LogP contribution in [0.1, 0.15) is 126 Å². The fourth-order valence-electron chi connectivity index (χ4n) is 10.4. The summed E-state index contributed by atoms with van der Waals surface area (Å²) in [5.41, 5.74) is 4.84. The maximum Gasteiger partial charge on any atom is 0.285 e. The molecule has 5 fully saturated rings. The van der Waals surface area contributed by atoms with Crippen LogP contribution in [0.4, 0.5) is 0 Å². The van der Waals surface area contributed by atoms with Crippen LogP contribution in [0.5, 0.6) is 0 Å². The quantitative estimate of drug-likeness (QED) is 0.236. The van der Waals surface area contributed by atoms with Crippen LogP contribution in [-0.2, 0) is 28.7 Å². The van der Waals surface area contributed by atoms with Crippen molar-refractivity contribution < 1.29 is 28.7 Å². The lowest BCUT2D eigenvalue weighted by Gasteiger charge is -2.38. The molecule has 0 aromatic heterocycles. The zero-order chi connectivity index (χ0) is 36.2. The minimum absolute atomic E-state index is 0.00729. The molecular weight excluding hydrogens is 618 g/mol. The van der Waals surface area contributed by atoms with Gasteiger partial charge in [-0.2, -0.15) is 0 Å². The second kappa shape index (κ2) is 13.8. The highest BCUT2D eigenvalue weighted by Crippen LogP contribution is 2.88. The number of fused-ring (bicyclic) bond motifs is 1. The Bertz CT molecular complexity index is 1300. The van der Waals surface area contributed by atoms with Crippen molar-refractivity contribution >= 4 is 29.2 Å². The smallest absolute Gasteiger partial charge is 0.285 e. The number of ether oxygens (including phenoxy) is 1. The predicted molar refractivity (Wildman–Crippen MR) is 189 cm³/mol. The average molecular weight is 684 g/mol. The van der Waals surface area contributed by atoms with E-state index in [1.807, 2.05) is 25.7 Å². The van der Waals surface area contributed by atoms with Crippen molar-refractivity contribution in [3.63, 3.8) is 0 Å². The van der Waals surface area contributed by atoms with Gasteiger partial charge in [-0.3, -0.25) is 28.9 Å². The molecular formula is C40H65N3O6. The molecule has 5 rings (SSSR count). The third-order valence-corrected chi connectivity index (χ3v) is 14.4. The van der Waals surface area contributed by atoms with Crippen LogP contribution in [0.25, 0.3) is 0 Å². The molecule has 49 heavy (non-hydrogen) atoms. The minimum atomic E-state index is -0.988. The van der Waals surface area contributed by atoms with E-state index in [0.29, 0.717) is 44.9 Å². The zero-order valence-electron chi connectivity index (χ0n) is 31.8. The van der Waals surface area contributed by atoms with E-state index in [-0.39, 0.29) is 57.9 Å². The molecule has 0 bridgehead atoms. The minimum Gasteiger partial charge on any atom is -0.379 e. The zero-order valence-corrected chi connectivity index (χ0v) is 31.8. The van der Waals surface area contributed by atoms with Gasteiger partial charge in [-0.15, -0.1) is 0 Å². The fourth-order valence-corrected chi connectivity index (χ4v) is 10.4. The summed E-state index contributed by atoms with van der Waals surface area (Å²) in [5, 5.41) is 0. The van der Waals surface area contributed by atoms with Gasteiger partial charge in [0.15, 0.2) is 5.78 Å². The van der Waals surface area contributed by atoms with Gasteiger partial charge in [-0.05, 0) is 59.2 Å². The molecule has 9 heteroatoms. The third-order valence-electron chi connectivity index (χ3n) is 14.4. The van der Waals surface area contributed by atoms with Crippen molar-refractivity contribution in [2.24, 2.45) is 56.5 Å². The number of nitrogens with two attached hydrogens (primary N) is 1. The lowest BCUT2D eigenvalue weighted by atomic mass is 9.73. The summed E-state index contributed by atoms with van der Waals surface area (Å²) in [6.07, 6.45) is 8.01. The van der Waals surface area contributed by atoms with E-state index in [1.54, 1.807) is 0 Å². The SMILES string of the molecule is CC(C)(C)[C@@H](CC(=O)C[C@H](C(=O)N1C[C@]2(C[C@H]1C(=O)CC(CC1CCC1)C(=O)C(N)=O)C(C)(C)C21CCC1)C(C)(C)C)CN1CCOCC1. The summed E-state index contributed by atoms with van der Waals surface area (Å²) in [6.45, 7) is 21.7. The van der Waals surface area contributed by atoms with Gasteiger partial charge >= 0.3 is 0 Å². The van der Waals surface area contributed by atoms with E-state index in [2.05, 4.69) is 39.5 Å². The molecule has 2 N–H and O–H groups in total. The number of morpholine rings is 1. The fraction of sp³-hybridized carbons (Fsp3) is 0.875. The van der Waals surface area contributed by atoms with E-state index in [0.717, 1.165) is 58.2 Å². The monoisotopic (exact) mass is 683 g/mol. The van der Waals surface area contributed by atoms with Crippen LogP contribution in [0, 0.1) is 50.7 Å². The predicted octanol–water partition coefficient (Wildman–Crippen LogP) is 5.61. The van der Waals surface area contributed by atoms with Crippen molar-refractivity contribution in [3.05, 3.63) is 0 Å². The Morgan fingerprint density at radius 3 is 1.96 bits per heavy atom. The van der Waals surface area contributed by atoms with Crippen molar-refractivity contribution in [1.29, 1.82) is 0 Å². The van der Waals surface area contributed by atoms with Crippen LogP contribution >= 0.6 is 0 Å². The molecule has 2 amide bonds. The molecule has 276 valence electrons. The molecule has 0 radical (unpaired) electrons. The number of nitrogens with zero attached hydrogens (tertiary/aromatic N) is 2. The van der Waals surface area contributed by atoms with Gasteiger partial charge in [0.05, 0.1) is 19.3 Å². The van der Waals surface area contributed by atoms with Gasteiger partial charge < -0.3 is 15.4 Å². The highest BCUT2D eigenvalue weighted by molar-refractivity contribution is 6.36. The first-order valence-corrected chi connectivity index (χ1v) is 19.2. The largest absolute Gasteiger partial charge is 0.379 e. The lowest BCUT2D eigenvalue weighted by molar-refractivity contribution is -0.147. The van der Waals surface area contributed by atoms with Crippen molar-refractivity contribution in [3.8, 4) is 0 Å². The number of Topliss-reactive ketones (excluding diaryl/α,β-unsaturated/α-hetero) is 3. The summed E-state index contributed by atoms with van der Waals surface area (Å²) in [4.78, 5) is 72.5. The van der Waals surface area contributed by atoms with E-state index in [9.17, 15) is 24.0 Å². The van der Waals surface area contributed by atoms with Gasteiger partial charge in [0, 0.05) is 62.7 Å². The molecule has 5 aliphatic rings. The van der Waals surface area contributed by atoms with Crippen LogP contribution in [0.15, 0.2) is 0 Å². The summed E-state index contributed by atoms with van der Waals surface area (Å²) >= 11 is 0. The molecule has 3 saturated carbocycles. The Hall–Kier alpha value is -2.13. The number of rotatable bonds is 14. The molecule has 9 nitrogen and oxygen atoms in total. The molecule has 2 saturated heterocycles. The highest BCUT2D eigenvalue weighted by Gasteiger charge is 2.85. The molecule has 0 aromatic rings. The molecule has 0 aromatic carbocycles. The van der Waals surface area contributed by atoms with Gasteiger partial charge in [-0.25, -0.2) is 0 Å². The molecule has 1 unspecified atom stereocenters. The van der Waals surface area contributed by atoms with E-state index >= 15 is 0 Å². The molecule has 2 spiro atoms. The number of carbonyl (C=O) groups excluding carboxylic acids is 5. The van der Waals surface area contributed by atoms with Crippen LogP contribution in [-0.4, -0.2) is 84.4 Å². The first kappa shape index (κ1) is 38.1. The van der Waals surface area contributed by atoms with Gasteiger partial charge in [-0.1, -0.05) is 81.1 Å². The van der Waals surface area contributed by atoms with Gasteiger partial charge in [0.2, 0.25) is 11.7 Å². The van der Waals surface area contributed by atoms with Crippen LogP contribution < -0.4 is 5.73 Å². The molecule has 2 aliphatic heterocycles. The van der Waals surface area contributed by atoms with Gasteiger partial charge in [0.25, 0.3) is 5.91 Å². The van der Waals surface area contributed by atoms with Crippen molar-refractivity contribution in [2.75, 3.05) is 39.4 Å². The van der Waals surface area contributed by atoms with E-state index in [4.69, 9.17) is 10.5 Å². The van der Waals surface area contributed by atoms with Crippen molar-refractivity contribution in [2.45, 2.75) is 132 Å². The third kappa shape index (κ3) is 7.18. The Kier molecular flexibility index (Phi) is 10.7. The Balaban J connectivity index is 1.38. The normalized spacial score (nSPS) is 28.4. The maximum absolute atomic E-state index is 14.9. The Morgan fingerprint density at radius 2 is 1.49 bits per heavy atom. The number of primary amides is 1. The first-order chi connectivity index (χ1) is 22.7. The summed E-state index contributed by atoms with van der Waals surface area (Å²) in [6, 6.07) is -0.667. The summed E-state index contributed by atoms with van der Waals surface area (Å²) in [7, 11) is 0. The standard InChI is InChI=1S/C40H65N3O6/c1-36(2,3)28(24-42-15-17-49-18-16-42)21-29(44)22-30(37(4,5)6)35(48)43-25-40(38(7,8)39(40)13-10-14-39)23-31(43)32(45)20-27(33(46)34(41)47)19-26-11-9-12-26/h26-28,30-31H,9-25H2,1-8H3,(H2,41,47)/t27?,28-,30+,31-,40+/m0/s1. The highest BCUT2D eigenvalue weighted by atomic mass is 16.5. The second-order valence-corrected chi connectivity index (χ2v) is 19.3.